The molecule has 0 aliphatic heterocycles. The molecule has 92 valence electrons. The maximum absolute atomic E-state index is 12.5. The Labute approximate surface area is 110 Å². The van der Waals surface area contributed by atoms with Crippen LogP contribution in [-0.2, 0) is 0 Å². The second-order valence-corrected chi connectivity index (χ2v) is 4.23. The molecule has 0 N–H and O–H groups in total. The number of rotatable bonds is 2. The summed E-state index contributed by atoms with van der Waals surface area (Å²) < 4.78 is 0. The highest BCUT2D eigenvalue weighted by atomic mass is 16.1. The Hall–Kier alpha value is -2.62. The van der Waals surface area contributed by atoms with Gasteiger partial charge in [-0.3, -0.25) is 9.78 Å². The number of hydrogen-bond acceptors (Lipinski definition) is 4. The van der Waals surface area contributed by atoms with Crippen molar-refractivity contribution in [3.05, 3.63) is 66.0 Å². The van der Waals surface area contributed by atoms with Gasteiger partial charge in [-0.1, -0.05) is 24.3 Å². The summed E-state index contributed by atoms with van der Waals surface area (Å²) >= 11 is 0. The highest BCUT2D eigenvalue weighted by Crippen LogP contribution is 2.19. The van der Waals surface area contributed by atoms with E-state index in [2.05, 4.69) is 15.0 Å². The van der Waals surface area contributed by atoms with Crippen LogP contribution in [0.2, 0.25) is 0 Å². The maximum atomic E-state index is 12.5. The molecule has 0 radical (unpaired) electrons. The quantitative estimate of drug-likeness (QED) is 0.655. The smallest absolute Gasteiger partial charge is 0.213 e. The predicted molar refractivity (Wildman–Crippen MR) is 71.9 cm³/mol. The number of benzene rings is 1. The van der Waals surface area contributed by atoms with Crippen molar-refractivity contribution >= 4 is 16.6 Å². The first-order chi connectivity index (χ1) is 9.25. The Balaban J connectivity index is 2.17. The number of hydrogen-bond donors (Lipinski definition) is 0. The van der Waals surface area contributed by atoms with E-state index in [1.165, 1.54) is 0 Å². The lowest BCUT2D eigenvalue weighted by Gasteiger charge is -2.04. The van der Waals surface area contributed by atoms with E-state index < -0.39 is 0 Å². The van der Waals surface area contributed by atoms with E-state index in [-0.39, 0.29) is 5.78 Å². The average molecular weight is 249 g/mol. The lowest BCUT2D eigenvalue weighted by molar-refractivity contribution is 0.103. The fraction of sp³-hybridized carbons (Fsp3) is 0.0667. The molecule has 0 fully saturated rings. The second-order valence-electron chi connectivity index (χ2n) is 4.23. The van der Waals surface area contributed by atoms with E-state index in [1.54, 1.807) is 31.6 Å². The summed E-state index contributed by atoms with van der Waals surface area (Å²) in [5.41, 5.74) is 0.960. The number of aryl methyl sites for hydroxylation is 1. The summed E-state index contributed by atoms with van der Waals surface area (Å²) in [4.78, 5) is 24.8. The summed E-state index contributed by atoms with van der Waals surface area (Å²) in [5, 5.41) is 1.83. The van der Waals surface area contributed by atoms with Gasteiger partial charge < -0.3 is 0 Å². The van der Waals surface area contributed by atoms with Gasteiger partial charge in [0.1, 0.15) is 11.5 Å². The van der Waals surface area contributed by atoms with Gasteiger partial charge in [-0.15, -0.1) is 0 Å². The number of fused-ring (bicyclic) bond motifs is 1. The number of pyridine rings is 1. The Kier molecular flexibility index (Phi) is 2.76. The lowest BCUT2D eigenvalue weighted by Crippen LogP contribution is -2.06. The highest BCUT2D eigenvalue weighted by Gasteiger charge is 2.14. The van der Waals surface area contributed by atoms with Crippen LogP contribution in [-0.4, -0.2) is 20.7 Å². The molecule has 0 bridgehead atoms. The molecule has 0 aliphatic rings. The largest absolute Gasteiger partial charge is 0.287 e. The van der Waals surface area contributed by atoms with Crippen molar-refractivity contribution in [2.75, 3.05) is 0 Å². The number of ketones is 1. The fourth-order valence-electron chi connectivity index (χ4n) is 2.02. The molecule has 0 atom stereocenters. The lowest BCUT2D eigenvalue weighted by atomic mass is 10.0. The number of carbonyl (C=O) groups excluding carboxylic acids is 1. The molecule has 4 nitrogen and oxygen atoms in total. The van der Waals surface area contributed by atoms with Crippen molar-refractivity contribution in [3.8, 4) is 0 Å². The van der Waals surface area contributed by atoms with Crippen molar-refractivity contribution in [3.63, 3.8) is 0 Å². The molecule has 3 rings (SSSR count). The Morgan fingerprint density at radius 2 is 1.95 bits per heavy atom. The van der Waals surface area contributed by atoms with Gasteiger partial charge in [-0.2, -0.15) is 0 Å². The van der Waals surface area contributed by atoms with E-state index in [1.807, 2.05) is 24.3 Å². The molecule has 19 heavy (non-hydrogen) atoms. The molecule has 0 saturated heterocycles. The number of carbonyl (C=O) groups is 1. The molecule has 1 aromatic carbocycles. The Morgan fingerprint density at radius 1 is 1.11 bits per heavy atom. The SMILES string of the molecule is Cc1nccc(C(=O)c2cncc3ccccc23)n1. The monoisotopic (exact) mass is 249 g/mol. The second kappa shape index (κ2) is 4.57. The van der Waals surface area contributed by atoms with E-state index >= 15 is 0 Å². The van der Waals surface area contributed by atoms with Crippen LogP contribution in [0.4, 0.5) is 0 Å². The third-order valence-corrected chi connectivity index (χ3v) is 2.92. The van der Waals surface area contributed by atoms with Crippen LogP contribution >= 0.6 is 0 Å². The summed E-state index contributed by atoms with van der Waals surface area (Å²) in [6.45, 7) is 1.76. The average Bonchev–Trinajstić information content (AvgIpc) is 2.46. The van der Waals surface area contributed by atoms with Gasteiger partial charge in [0.2, 0.25) is 5.78 Å². The first-order valence-electron chi connectivity index (χ1n) is 5.93. The Bertz CT molecular complexity index is 763. The van der Waals surface area contributed by atoms with Gasteiger partial charge in [-0.05, 0) is 18.4 Å². The molecule has 4 heteroatoms. The molecule has 0 amide bonds. The zero-order chi connectivity index (χ0) is 13.2. The van der Waals surface area contributed by atoms with Crippen LogP contribution < -0.4 is 0 Å². The van der Waals surface area contributed by atoms with Crippen molar-refractivity contribution < 1.29 is 4.79 Å². The summed E-state index contributed by atoms with van der Waals surface area (Å²) in [5.74, 6) is 0.453. The van der Waals surface area contributed by atoms with Crippen LogP contribution in [0.3, 0.4) is 0 Å². The molecule has 0 aliphatic carbocycles. The van der Waals surface area contributed by atoms with Gasteiger partial charge in [0.15, 0.2) is 0 Å². The van der Waals surface area contributed by atoms with E-state index in [9.17, 15) is 4.79 Å². The van der Waals surface area contributed by atoms with Crippen LogP contribution in [0.1, 0.15) is 21.9 Å². The normalized spacial score (nSPS) is 10.6. The zero-order valence-electron chi connectivity index (χ0n) is 10.4. The fourth-order valence-corrected chi connectivity index (χ4v) is 2.02. The van der Waals surface area contributed by atoms with E-state index in [4.69, 9.17) is 0 Å². The topological polar surface area (TPSA) is 55.7 Å². The first kappa shape index (κ1) is 11.5. The molecule has 0 unspecified atom stereocenters. The third-order valence-electron chi connectivity index (χ3n) is 2.92. The minimum Gasteiger partial charge on any atom is -0.287 e. The van der Waals surface area contributed by atoms with Crippen LogP contribution in [0.15, 0.2) is 48.9 Å². The molecule has 0 spiro atoms. The van der Waals surface area contributed by atoms with Crippen molar-refractivity contribution in [1.82, 2.24) is 15.0 Å². The van der Waals surface area contributed by atoms with Gasteiger partial charge in [0, 0.05) is 24.0 Å². The molecule has 3 aromatic rings. The molecule has 2 aromatic heterocycles. The van der Waals surface area contributed by atoms with Gasteiger partial charge >= 0.3 is 0 Å². The van der Waals surface area contributed by atoms with Crippen molar-refractivity contribution in [2.24, 2.45) is 0 Å². The zero-order valence-corrected chi connectivity index (χ0v) is 10.4. The van der Waals surface area contributed by atoms with Crippen molar-refractivity contribution in [1.29, 1.82) is 0 Å². The molecular weight excluding hydrogens is 238 g/mol. The van der Waals surface area contributed by atoms with Gasteiger partial charge in [0.05, 0.1) is 5.56 Å². The van der Waals surface area contributed by atoms with Gasteiger partial charge in [0.25, 0.3) is 0 Å². The molecular formula is C15H11N3O. The van der Waals surface area contributed by atoms with Crippen LogP contribution in [0.5, 0.6) is 0 Å². The van der Waals surface area contributed by atoms with Crippen LogP contribution in [0, 0.1) is 6.92 Å². The van der Waals surface area contributed by atoms with Gasteiger partial charge in [-0.25, -0.2) is 9.97 Å². The van der Waals surface area contributed by atoms with E-state index in [0.29, 0.717) is 17.1 Å². The maximum Gasteiger partial charge on any atom is 0.213 e. The Morgan fingerprint density at radius 3 is 2.79 bits per heavy atom. The third kappa shape index (κ3) is 2.08. The first-order valence-corrected chi connectivity index (χ1v) is 5.93. The molecule has 0 saturated carbocycles. The molecule has 2 heterocycles. The summed E-state index contributed by atoms with van der Waals surface area (Å²) in [7, 11) is 0. The standard InChI is InChI=1S/C15H11N3O/c1-10-17-7-6-14(18-10)15(19)13-9-16-8-11-4-2-3-5-12(11)13/h2-9H,1H3. The minimum atomic E-state index is -0.130. The number of nitrogens with zero attached hydrogens (tertiary/aromatic N) is 3. The highest BCUT2D eigenvalue weighted by molar-refractivity contribution is 6.15. The van der Waals surface area contributed by atoms with Crippen molar-refractivity contribution in [2.45, 2.75) is 6.92 Å². The van der Waals surface area contributed by atoms with Crippen LogP contribution in [0.25, 0.3) is 10.8 Å². The van der Waals surface area contributed by atoms with E-state index in [0.717, 1.165) is 10.8 Å². The summed E-state index contributed by atoms with van der Waals surface area (Å²) in [6.07, 6.45) is 4.92. The number of aromatic nitrogens is 3. The summed E-state index contributed by atoms with van der Waals surface area (Å²) in [6, 6.07) is 9.30. The predicted octanol–water partition coefficient (Wildman–Crippen LogP) is 2.56. The minimum absolute atomic E-state index is 0.130.